The molecule has 0 radical (unpaired) electrons. The second-order valence-corrected chi connectivity index (χ2v) is 6.22. The Morgan fingerprint density at radius 1 is 1.24 bits per heavy atom. The van der Waals surface area contributed by atoms with E-state index in [0.29, 0.717) is 11.5 Å². The minimum absolute atomic E-state index is 0.144. The highest BCUT2D eigenvalue weighted by Gasteiger charge is 2.14. The van der Waals surface area contributed by atoms with E-state index in [1.54, 1.807) is 31.2 Å². The maximum atomic E-state index is 11.8. The fourth-order valence-electron chi connectivity index (χ4n) is 1.71. The lowest BCUT2D eigenvalue weighted by Crippen LogP contribution is -2.26. The SMILES string of the molecule is Cc1ccc(C(O)CNS(=O)(=O)C=Cc2ccccc2)o1. The molecule has 0 saturated heterocycles. The number of nitrogens with one attached hydrogen (secondary N) is 1. The van der Waals surface area contributed by atoms with Gasteiger partial charge in [0.1, 0.15) is 17.6 Å². The summed E-state index contributed by atoms with van der Waals surface area (Å²) in [5, 5.41) is 10.9. The topological polar surface area (TPSA) is 79.5 Å². The van der Waals surface area contributed by atoms with Crippen LogP contribution in [0.4, 0.5) is 0 Å². The van der Waals surface area contributed by atoms with E-state index in [2.05, 4.69) is 4.72 Å². The first kappa shape index (κ1) is 15.5. The zero-order valence-corrected chi connectivity index (χ0v) is 12.4. The van der Waals surface area contributed by atoms with Gasteiger partial charge in [0.25, 0.3) is 0 Å². The van der Waals surface area contributed by atoms with Gasteiger partial charge in [0.2, 0.25) is 10.0 Å². The Kier molecular flexibility index (Phi) is 4.95. The first-order valence-electron chi connectivity index (χ1n) is 6.43. The minimum Gasteiger partial charge on any atom is -0.464 e. The van der Waals surface area contributed by atoms with Gasteiger partial charge in [-0.05, 0) is 30.7 Å². The van der Waals surface area contributed by atoms with E-state index in [9.17, 15) is 13.5 Å². The molecule has 0 spiro atoms. The fraction of sp³-hybridized carbons (Fsp3) is 0.200. The Labute approximate surface area is 124 Å². The first-order chi connectivity index (χ1) is 9.96. The zero-order valence-electron chi connectivity index (χ0n) is 11.6. The molecule has 6 heteroatoms. The number of aryl methyl sites for hydroxylation is 1. The largest absolute Gasteiger partial charge is 0.464 e. The highest BCUT2D eigenvalue weighted by molar-refractivity contribution is 7.92. The third-order valence-electron chi connectivity index (χ3n) is 2.81. The lowest BCUT2D eigenvalue weighted by atomic mass is 10.2. The molecule has 1 aromatic heterocycles. The van der Waals surface area contributed by atoms with Crippen LogP contribution >= 0.6 is 0 Å². The smallest absolute Gasteiger partial charge is 0.233 e. The molecule has 0 fully saturated rings. The molecule has 1 atom stereocenters. The molecule has 0 bridgehead atoms. The van der Waals surface area contributed by atoms with Crippen LogP contribution in [-0.2, 0) is 10.0 Å². The van der Waals surface area contributed by atoms with E-state index in [-0.39, 0.29) is 6.54 Å². The molecule has 21 heavy (non-hydrogen) atoms. The second-order valence-electron chi connectivity index (χ2n) is 4.57. The predicted molar refractivity (Wildman–Crippen MR) is 80.8 cm³/mol. The van der Waals surface area contributed by atoms with Crippen LogP contribution in [-0.4, -0.2) is 20.1 Å². The van der Waals surface area contributed by atoms with E-state index in [1.165, 1.54) is 6.08 Å². The van der Waals surface area contributed by atoms with Crippen molar-refractivity contribution in [1.82, 2.24) is 4.72 Å². The van der Waals surface area contributed by atoms with Gasteiger partial charge in [0.15, 0.2) is 0 Å². The summed E-state index contributed by atoms with van der Waals surface area (Å²) in [5.41, 5.74) is 0.782. The van der Waals surface area contributed by atoms with E-state index < -0.39 is 16.1 Å². The van der Waals surface area contributed by atoms with Crippen LogP contribution < -0.4 is 4.72 Å². The van der Waals surface area contributed by atoms with E-state index in [0.717, 1.165) is 11.0 Å². The van der Waals surface area contributed by atoms with Crippen LogP contribution in [0.25, 0.3) is 6.08 Å². The van der Waals surface area contributed by atoms with Crippen molar-refractivity contribution in [2.24, 2.45) is 0 Å². The second kappa shape index (κ2) is 6.71. The van der Waals surface area contributed by atoms with Crippen molar-refractivity contribution in [3.05, 3.63) is 65.0 Å². The first-order valence-corrected chi connectivity index (χ1v) is 7.98. The highest BCUT2D eigenvalue weighted by atomic mass is 32.2. The normalized spacial score (nSPS) is 13.6. The number of hydrogen-bond acceptors (Lipinski definition) is 4. The summed E-state index contributed by atoms with van der Waals surface area (Å²) < 4.78 is 31.2. The maximum absolute atomic E-state index is 11.8. The molecule has 1 heterocycles. The third-order valence-corrected chi connectivity index (χ3v) is 3.87. The quantitative estimate of drug-likeness (QED) is 0.857. The van der Waals surface area contributed by atoms with Gasteiger partial charge in [-0.15, -0.1) is 0 Å². The van der Waals surface area contributed by atoms with Gasteiger partial charge < -0.3 is 9.52 Å². The number of sulfonamides is 1. The lowest BCUT2D eigenvalue weighted by Gasteiger charge is -2.08. The van der Waals surface area contributed by atoms with Gasteiger partial charge in [-0.25, -0.2) is 13.1 Å². The summed E-state index contributed by atoms with van der Waals surface area (Å²) in [7, 11) is -3.61. The number of furan rings is 1. The summed E-state index contributed by atoms with van der Waals surface area (Å²) in [5.74, 6) is 0.998. The number of benzene rings is 1. The molecular formula is C15H17NO4S. The van der Waals surface area contributed by atoms with Crippen LogP contribution in [0.1, 0.15) is 23.2 Å². The summed E-state index contributed by atoms with van der Waals surface area (Å²) in [6.07, 6.45) is 0.477. The molecular weight excluding hydrogens is 290 g/mol. The van der Waals surface area contributed by atoms with E-state index in [4.69, 9.17) is 4.42 Å². The summed E-state index contributed by atoms with van der Waals surface area (Å²) in [4.78, 5) is 0. The predicted octanol–water partition coefficient (Wildman–Crippen LogP) is 2.21. The van der Waals surface area contributed by atoms with Crippen LogP contribution in [0.3, 0.4) is 0 Å². The standard InChI is InChI=1S/C15H17NO4S/c1-12-7-8-15(20-12)14(17)11-16-21(18,19)10-9-13-5-3-2-4-6-13/h2-10,14,16-17H,11H2,1H3. The molecule has 112 valence electrons. The van der Waals surface area contributed by atoms with Crippen molar-refractivity contribution in [1.29, 1.82) is 0 Å². The van der Waals surface area contributed by atoms with Crippen molar-refractivity contribution in [2.45, 2.75) is 13.0 Å². The Hall–Kier alpha value is -1.89. The Balaban J connectivity index is 1.94. The minimum atomic E-state index is -3.61. The van der Waals surface area contributed by atoms with Crippen molar-refractivity contribution >= 4 is 16.1 Å². The highest BCUT2D eigenvalue weighted by Crippen LogP contribution is 2.15. The molecule has 0 saturated carbocycles. The molecule has 2 aromatic rings. The summed E-state index contributed by atoms with van der Waals surface area (Å²) in [6.45, 7) is 1.61. The van der Waals surface area contributed by atoms with Crippen molar-refractivity contribution < 1.29 is 17.9 Å². The number of hydrogen-bond donors (Lipinski definition) is 2. The van der Waals surface area contributed by atoms with Gasteiger partial charge in [-0.3, -0.25) is 0 Å². The Morgan fingerprint density at radius 3 is 2.57 bits per heavy atom. The van der Waals surface area contributed by atoms with E-state index in [1.807, 2.05) is 18.2 Å². The van der Waals surface area contributed by atoms with Crippen LogP contribution in [0, 0.1) is 6.92 Å². The van der Waals surface area contributed by atoms with E-state index >= 15 is 0 Å². The molecule has 2 rings (SSSR count). The molecule has 0 amide bonds. The fourth-order valence-corrected chi connectivity index (χ4v) is 2.53. The average Bonchev–Trinajstić information content (AvgIpc) is 2.91. The van der Waals surface area contributed by atoms with Crippen LogP contribution in [0.2, 0.25) is 0 Å². The number of aliphatic hydroxyl groups excluding tert-OH is 1. The monoisotopic (exact) mass is 307 g/mol. The molecule has 1 aromatic carbocycles. The van der Waals surface area contributed by atoms with Crippen LogP contribution in [0.5, 0.6) is 0 Å². The van der Waals surface area contributed by atoms with Gasteiger partial charge >= 0.3 is 0 Å². The third kappa shape index (κ3) is 4.86. The summed E-state index contributed by atoms with van der Waals surface area (Å²) >= 11 is 0. The van der Waals surface area contributed by atoms with Crippen molar-refractivity contribution in [3.63, 3.8) is 0 Å². The maximum Gasteiger partial charge on any atom is 0.233 e. The number of aliphatic hydroxyl groups is 1. The van der Waals surface area contributed by atoms with Crippen molar-refractivity contribution in [3.8, 4) is 0 Å². The molecule has 0 aliphatic carbocycles. The Morgan fingerprint density at radius 2 is 1.95 bits per heavy atom. The Bertz CT molecular complexity index is 704. The van der Waals surface area contributed by atoms with Gasteiger partial charge in [0, 0.05) is 12.0 Å². The molecule has 0 aliphatic heterocycles. The van der Waals surface area contributed by atoms with Crippen molar-refractivity contribution in [2.75, 3.05) is 6.54 Å². The number of rotatable bonds is 6. The van der Waals surface area contributed by atoms with Crippen LogP contribution in [0.15, 0.2) is 52.3 Å². The molecule has 2 N–H and O–H groups in total. The van der Waals surface area contributed by atoms with Gasteiger partial charge in [0.05, 0.1) is 0 Å². The average molecular weight is 307 g/mol. The molecule has 0 aliphatic rings. The summed E-state index contributed by atoms with van der Waals surface area (Å²) in [6, 6.07) is 12.4. The lowest BCUT2D eigenvalue weighted by molar-refractivity contribution is 0.152. The van der Waals surface area contributed by atoms with Gasteiger partial charge in [-0.1, -0.05) is 30.3 Å². The van der Waals surface area contributed by atoms with Gasteiger partial charge in [-0.2, -0.15) is 0 Å². The molecule has 5 nitrogen and oxygen atoms in total. The zero-order chi connectivity index (χ0) is 15.3. The molecule has 1 unspecified atom stereocenters.